The summed E-state index contributed by atoms with van der Waals surface area (Å²) >= 11 is 5.61. The van der Waals surface area contributed by atoms with Crippen LogP contribution >= 0.6 is 11.6 Å². The summed E-state index contributed by atoms with van der Waals surface area (Å²) in [5.74, 6) is -3.01. The molecule has 198 valence electrons. The van der Waals surface area contributed by atoms with Crippen molar-refractivity contribution in [3.05, 3.63) is 116 Å². The van der Waals surface area contributed by atoms with Crippen molar-refractivity contribution in [2.24, 2.45) is 0 Å². The van der Waals surface area contributed by atoms with Gasteiger partial charge in [0.25, 0.3) is 11.6 Å². The standard InChI is InChI=1S/C26H17ClF6N2O3/c27-21-6-5-18(12-20(21)26(31,32)33)38-17-3-1-14(2-4-17)7-8-37-25-34-13-15(24(36)35-25)9-19-22(29)10-16(28)11-23(19)30/h1-6,10-13H,7-9H2,(H,34,35,36). The van der Waals surface area contributed by atoms with Gasteiger partial charge in [0, 0.05) is 42.3 Å². The first kappa shape index (κ1) is 27.1. The third-order valence-corrected chi connectivity index (χ3v) is 5.68. The van der Waals surface area contributed by atoms with Crippen molar-refractivity contribution >= 4 is 11.6 Å². The van der Waals surface area contributed by atoms with Gasteiger partial charge in [-0.3, -0.25) is 9.78 Å². The summed E-state index contributed by atoms with van der Waals surface area (Å²) in [7, 11) is 0. The molecule has 1 N–H and O–H groups in total. The quantitative estimate of drug-likeness (QED) is 0.242. The highest BCUT2D eigenvalue weighted by molar-refractivity contribution is 6.31. The predicted octanol–water partition coefficient (Wildman–Crippen LogP) is 6.86. The van der Waals surface area contributed by atoms with Gasteiger partial charge in [-0.2, -0.15) is 13.2 Å². The number of ether oxygens (including phenoxy) is 2. The number of nitrogens with one attached hydrogen (secondary N) is 1. The summed E-state index contributed by atoms with van der Waals surface area (Å²) in [6.07, 6.45) is -3.54. The van der Waals surface area contributed by atoms with Crippen molar-refractivity contribution < 1.29 is 35.8 Å². The summed E-state index contributed by atoms with van der Waals surface area (Å²) in [6, 6.07) is 10.7. The Bertz CT molecular complexity index is 1480. The number of hydrogen-bond donors (Lipinski definition) is 1. The fraction of sp³-hybridized carbons (Fsp3) is 0.154. The average molecular weight is 555 g/mol. The van der Waals surface area contributed by atoms with Crippen LogP contribution in [0.2, 0.25) is 5.02 Å². The van der Waals surface area contributed by atoms with Gasteiger partial charge in [-0.1, -0.05) is 23.7 Å². The highest BCUT2D eigenvalue weighted by Gasteiger charge is 2.33. The van der Waals surface area contributed by atoms with E-state index in [4.69, 9.17) is 21.1 Å². The van der Waals surface area contributed by atoms with Crippen LogP contribution in [0.15, 0.2) is 65.6 Å². The van der Waals surface area contributed by atoms with E-state index in [-0.39, 0.29) is 23.9 Å². The molecule has 0 bridgehead atoms. The highest BCUT2D eigenvalue weighted by Crippen LogP contribution is 2.37. The third kappa shape index (κ3) is 6.65. The minimum absolute atomic E-state index is 0.0267. The lowest BCUT2D eigenvalue weighted by molar-refractivity contribution is -0.137. The molecular weight excluding hydrogens is 538 g/mol. The van der Waals surface area contributed by atoms with E-state index in [1.165, 1.54) is 6.07 Å². The molecule has 0 atom stereocenters. The average Bonchev–Trinajstić information content (AvgIpc) is 2.84. The van der Waals surface area contributed by atoms with E-state index in [0.29, 0.717) is 24.3 Å². The number of nitrogens with zero attached hydrogens (tertiary/aromatic N) is 1. The van der Waals surface area contributed by atoms with E-state index in [2.05, 4.69) is 9.97 Å². The second-order valence-corrected chi connectivity index (χ2v) is 8.46. The van der Waals surface area contributed by atoms with E-state index in [1.54, 1.807) is 24.3 Å². The van der Waals surface area contributed by atoms with Gasteiger partial charge in [-0.15, -0.1) is 0 Å². The molecule has 4 rings (SSSR count). The van der Waals surface area contributed by atoms with Crippen molar-refractivity contribution in [2.75, 3.05) is 6.61 Å². The first-order valence-electron chi connectivity index (χ1n) is 11.0. The predicted molar refractivity (Wildman–Crippen MR) is 126 cm³/mol. The first-order valence-corrected chi connectivity index (χ1v) is 11.4. The second-order valence-electron chi connectivity index (χ2n) is 8.05. The fourth-order valence-electron chi connectivity index (χ4n) is 3.45. The van der Waals surface area contributed by atoms with Gasteiger partial charge in [0.1, 0.15) is 29.0 Å². The van der Waals surface area contributed by atoms with Crippen LogP contribution in [0.1, 0.15) is 22.3 Å². The molecule has 0 aliphatic carbocycles. The molecule has 3 aromatic carbocycles. The van der Waals surface area contributed by atoms with Crippen molar-refractivity contribution in [3.63, 3.8) is 0 Å². The number of aromatic amines is 1. The molecule has 1 aromatic heterocycles. The summed E-state index contributed by atoms with van der Waals surface area (Å²) in [5.41, 5.74) is -1.38. The molecule has 0 radical (unpaired) electrons. The third-order valence-electron chi connectivity index (χ3n) is 5.35. The molecule has 0 aliphatic heterocycles. The van der Waals surface area contributed by atoms with Crippen molar-refractivity contribution in [2.45, 2.75) is 19.0 Å². The Labute approximate surface area is 216 Å². The Balaban J connectivity index is 1.32. The topological polar surface area (TPSA) is 64.2 Å². The van der Waals surface area contributed by atoms with Crippen molar-refractivity contribution in [3.8, 4) is 17.5 Å². The fourth-order valence-corrected chi connectivity index (χ4v) is 3.67. The normalized spacial score (nSPS) is 11.4. The van der Waals surface area contributed by atoms with Gasteiger partial charge in [0.05, 0.1) is 17.2 Å². The van der Waals surface area contributed by atoms with Gasteiger partial charge in [-0.25, -0.2) is 18.2 Å². The minimum Gasteiger partial charge on any atom is -0.464 e. The molecule has 0 saturated heterocycles. The Kier molecular flexibility index (Phi) is 7.96. The summed E-state index contributed by atoms with van der Waals surface area (Å²) < 4.78 is 90.7. The molecule has 38 heavy (non-hydrogen) atoms. The zero-order valence-electron chi connectivity index (χ0n) is 19.2. The summed E-state index contributed by atoms with van der Waals surface area (Å²) in [4.78, 5) is 18.6. The van der Waals surface area contributed by atoms with Crippen LogP contribution in [0.3, 0.4) is 0 Å². The maximum atomic E-state index is 13.9. The van der Waals surface area contributed by atoms with Gasteiger partial charge >= 0.3 is 6.18 Å². The Hall–Kier alpha value is -3.99. The van der Waals surface area contributed by atoms with Gasteiger partial charge in [0.15, 0.2) is 0 Å². The lowest BCUT2D eigenvalue weighted by Crippen LogP contribution is -2.17. The van der Waals surface area contributed by atoms with Crippen LogP contribution in [-0.2, 0) is 19.0 Å². The molecule has 1 heterocycles. The Morgan fingerprint density at radius 3 is 2.21 bits per heavy atom. The van der Waals surface area contributed by atoms with Gasteiger partial charge < -0.3 is 9.47 Å². The Morgan fingerprint density at radius 2 is 1.58 bits per heavy atom. The van der Waals surface area contributed by atoms with E-state index >= 15 is 0 Å². The highest BCUT2D eigenvalue weighted by atomic mass is 35.5. The molecule has 0 amide bonds. The maximum absolute atomic E-state index is 13.9. The number of hydrogen-bond acceptors (Lipinski definition) is 4. The van der Waals surface area contributed by atoms with Gasteiger partial charge in [0.2, 0.25) is 0 Å². The van der Waals surface area contributed by atoms with E-state index < -0.39 is 51.8 Å². The zero-order chi connectivity index (χ0) is 27.4. The van der Waals surface area contributed by atoms with E-state index in [1.807, 2.05) is 0 Å². The number of aromatic nitrogens is 2. The number of H-pyrrole nitrogens is 1. The lowest BCUT2D eigenvalue weighted by atomic mass is 10.1. The van der Waals surface area contributed by atoms with Crippen molar-refractivity contribution in [1.82, 2.24) is 9.97 Å². The minimum atomic E-state index is -4.61. The summed E-state index contributed by atoms with van der Waals surface area (Å²) in [5, 5.41) is -0.429. The van der Waals surface area contributed by atoms with Gasteiger partial charge in [-0.05, 0) is 35.9 Å². The first-order chi connectivity index (χ1) is 18.0. The molecule has 0 fully saturated rings. The Morgan fingerprint density at radius 1 is 0.921 bits per heavy atom. The molecule has 0 aliphatic rings. The molecule has 5 nitrogen and oxygen atoms in total. The van der Waals surface area contributed by atoms with Crippen LogP contribution in [0.5, 0.6) is 17.5 Å². The molecule has 0 saturated carbocycles. The SMILES string of the molecule is O=c1[nH]c(OCCc2ccc(Oc3ccc(Cl)c(C(F)(F)F)c3)cc2)ncc1Cc1c(F)cc(F)cc1F. The maximum Gasteiger partial charge on any atom is 0.417 e. The van der Waals surface area contributed by atoms with Crippen LogP contribution in [0.25, 0.3) is 0 Å². The van der Waals surface area contributed by atoms with Crippen molar-refractivity contribution in [1.29, 1.82) is 0 Å². The molecule has 4 aromatic rings. The van der Waals surface area contributed by atoms with E-state index in [9.17, 15) is 31.1 Å². The number of alkyl halides is 3. The molecule has 12 heteroatoms. The number of rotatable bonds is 8. The second kappa shape index (κ2) is 11.2. The molecular formula is C26H17ClF6N2O3. The van der Waals surface area contributed by atoms with E-state index in [0.717, 1.165) is 23.9 Å². The number of benzene rings is 3. The van der Waals surface area contributed by atoms with Crippen LogP contribution in [-0.4, -0.2) is 16.6 Å². The smallest absolute Gasteiger partial charge is 0.417 e. The van der Waals surface area contributed by atoms with Crippen LogP contribution in [0.4, 0.5) is 26.3 Å². The molecule has 0 unspecified atom stereocenters. The van der Waals surface area contributed by atoms with Crippen LogP contribution in [0, 0.1) is 17.5 Å². The number of halogens is 7. The zero-order valence-corrected chi connectivity index (χ0v) is 20.0. The summed E-state index contributed by atoms with van der Waals surface area (Å²) in [6.45, 7) is 0.107. The molecule has 0 spiro atoms. The van der Waals surface area contributed by atoms with Crippen LogP contribution < -0.4 is 15.0 Å². The monoisotopic (exact) mass is 554 g/mol. The lowest BCUT2D eigenvalue weighted by Gasteiger charge is -2.12. The largest absolute Gasteiger partial charge is 0.464 e.